The highest BCUT2D eigenvalue weighted by Gasteiger charge is 2.16. The Labute approximate surface area is 127 Å². The zero-order chi connectivity index (χ0) is 15.4. The number of anilines is 2. The van der Waals surface area contributed by atoms with Crippen molar-refractivity contribution in [1.82, 2.24) is 9.78 Å². The topological polar surface area (TPSA) is 68.2 Å². The number of hydrogen-bond acceptors (Lipinski definition) is 3. The van der Waals surface area contributed by atoms with Crippen LogP contribution in [-0.2, 0) is 11.3 Å². The van der Waals surface area contributed by atoms with Gasteiger partial charge in [-0.15, -0.1) is 0 Å². The molecular formula is C15H17FN4O2. The lowest BCUT2D eigenvalue weighted by Gasteiger charge is -2.08. The molecule has 0 bridgehead atoms. The van der Waals surface area contributed by atoms with Crippen LogP contribution in [0.3, 0.4) is 0 Å². The second-order valence-corrected chi connectivity index (χ2v) is 5.15. The quantitative estimate of drug-likeness (QED) is 0.912. The SMILES string of the molecule is O=C(Nc1cnn(CC2CCCO2)c1)Nc1ccccc1F. The summed E-state index contributed by atoms with van der Waals surface area (Å²) >= 11 is 0. The molecular weight excluding hydrogens is 287 g/mol. The maximum absolute atomic E-state index is 13.4. The first-order chi connectivity index (χ1) is 10.7. The number of benzene rings is 1. The van der Waals surface area contributed by atoms with Crippen LogP contribution in [0, 0.1) is 5.82 Å². The van der Waals surface area contributed by atoms with Gasteiger partial charge in [0.2, 0.25) is 0 Å². The minimum absolute atomic E-state index is 0.131. The van der Waals surface area contributed by atoms with E-state index in [1.54, 1.807) is 29.2 Å². The van der Waals surface area contributed by atoms with Gasteiger partial charge in [-0.3, -0.25) is 4.68 Å². The first-order valence-electron chi connectivity index (χ1n) is 7.17. The Morgan fingerprint density at radius 1 is 1.41 bits per heavy atom. The summed E-state index contributed by atoms with van der Waals surface area (Å²) in [6, 6.07) is 5.48. The van der Waals surface area contributed by atoms with Crippen molar-refractivity contribution < 1.29 is 13.9 Å². The average Bonchev–Trinajstić information content (AvgIpc) is 3.14. The van der Waals surface area contributed by atoms with Crippen LogP contribution in [0.5, 0.6) is 0 Å². The minimum Gasteiger partial charge on any atom is -0.376 e. The van der Waals surface area contributed by atoms with Crippen LogP contribution in [0.25, 0.3) is 0 Å². The van der Waals surface area contributed by atoms with Gasteiger partial charge in [0.1, 0.15) is 5.82 Å². The molecule has 116 valence electrons. The number of amides is 2. The van der Waals surface area contributed by atoms with Crippen molar-refractivity contribution in [2.75, 3.05) is 17.2 Å². The van der Waals surface area contributed by atoms with Crippen LogP contribution in [0.15, 0.2) is 36.7 Å². The second kappa shape index (κ2) is 6.57. The molecule has 2 N–H and O–H groups in total. The Morgan fingerprint density at radius 3 is 3.05 bits per heavy atom. The molecule has 1 fully saturated rings. The van der Waals surface area contributed by atoms with Crippen LogP contribution in [0.1, 0.15) is 12.8 Å². The highest BCUT2D eigenvalue weighted by molar-refractivity contribution is 5.99. The molecule has 6 nitrogen and oxygen atoms in total. The molecule has 1 atom stereocenters. The molecule has 3 rings (SSSR count). The summed E-state index contributed by atoms with van der Waals surface area (Å²) in [6.07, 6.45) is 5.55. The van der Waals surface area contributed by atoms with Crippen LogP contribution >= 0.6 is 0 Å². The van der Waals surface area contributed by atoms with Gasteiger partial charge in [0.15, 0.2) is 0 Å². The van der Waals surface area contributed by atoms with E-state index in [0.29, 0.717) is 12.2 Å². The third-order valence-electron chi connectivity index (χ3n) is 3.43. The van der Waals surface area contributed by atoms with Crippen molar-refractivity contribution in [3.63, 3.8) is 0 Å². The van der Waals surface area contributed by atoms with E-state index in [0.717, 1.165) is 19.4 Å². The van der Waals surface area contributed by atoms with E-state index in [1.165, 1.54) is 12.1 Å². The maximum atomic E-state index is 13.4. The number of carbonyl (C=O) groups excluding carboxylic acids is 1. The molecule has 0 saturated carbocycles. The highest BCUT2D eigenvalue weighted by atomic mass is 19.1. The van der Waals surface area contributed by atoms with Crippen LogP contribution < -0.4 is 10.6 Å². The van der Waals surface area contributed by atoms with Gasteiger partial charge < -0.3 is 15.4 Å². The van der Waals surface area contributed by atoms with Crippen molar-refractivity contribution in [2.24, 2.45) is 0 Å². The van der Waals surface area contributed by atoms with Crippen LogP contribution in [0.2, 0.25) is 0 Å². The fourth-order valence-corrected chi connectivity index (χ4v) is 2.37. The number of urea groups is 1. The summed E-state index contributed by atoms with van der Waals surface area (Å²) in [5.41, 5.74) is 0.679. The average molecular weight is 304 g/mol. The van der Waals surface area contributed by atoms with E-state index in [2.05, 4.69) is 15.7 Å². The number of para-hydroxylation sites is 1. The Hall–Kier alpha value is -2.41. The maximum Gasteiger partial charge on any atom is 0.323 e. The predicted octanol–water partition coefficient (Wildman–Crippen LogP) is 2.85. The van der Waals surface area contributed by atoms with Gasteiger partial charge in [-0.05, 0) is 25.0 Å². The Bertz CT molecular complexity index is 652. The van der Waals surface area contributed by atoms with Crippen molar-refractivity contribution in [3.8, 4) is 0 Å². The number of ether oxygens (including phenoxy) is 1. The van der Waals surface area contributed by atoms with E-state index in [9.17, 15) is 9.18 Å². The van der Waals surface area contributed by atoms with Gasteiger partial charge in [-0.25, -0.2) is 9.18 Å². The first-order valence-corrected chi connectivity index (χ1v) is 7.17. The Morgan fingerprint density at radius 2 is 2.27 bits per heavy atom. The molecule has 2 aromatic rings. The van der Waals surface area contributed by atoms with E-state index in [4.69, 9.17) is 4.74 Å². The molecule has 1 aliphatic heterocycles. The summed E-state index contributed by atoms with van der Waals surface area (Å²) in [6.45, 7) is 1.46. The predicted molar refractivity (Wildman–Crippen MR) is 80.2 cm³/mol. The summed E-state index contributed by atoms with van der Waals surface area (Å²) in [5.74, 6) is -0.480. The molecule has 1 unspecified atom stereocenters. The van der Waals surface area contributed by atoms with Gasteiger partial charge in [-0.1, -0.05) is 12.1 Å². The number of hydrogen-bond donors (Lipinski definition) is 2. The number of carbonyl (C=O) groups is 1. The van der Waals surface area contributed by atoms with Crippen molar-refractivity contribution in [1.29, 1.82) is 0 Å². The lowest BCUT2D eigenvalue weighted by molar-refractivity contribution is 0.0940. The largest absolute Gasteiger partial charge is 0.376 e. The third-order valence-corrected chi connectivity index (χ3v) is 3.43. The lowest BCUT2D eigenvalue weighted by Crippen LogP contribution is -2.20. The van der Waals surface area contributed by atoms with Crippen LogP contribution in [0.4, 0.5) is 20.6 Å². The summed E-state index contributed by atoms with van der Waals surface area (Å²) in [4.78, 5) is 11.8. The molecule has 0 radical (unpaired) electrons. The molecule has 7 heteroatoms. The molecule has 0 spiro atoms. The Kier molecular flexibility index (Phi) is 4.34. The number of aromatic nitrogens is 2. The standard InChI is InChI=1S/C15H17FN4O2/c16-13-5-1-2-6-14(13)19-15(21)18-11-8-17-20(9-11)10-12-4-3-7-22-12/h1-2,5-6,8-9,12H,3-4,7,10H2,(H2,18,19,21). The fourth-order valence-electron chi connectivity index (χ4n) is 2.37. The number of nitrogens with zero attached hydrogens (tertiary/aromatic N) is 2. The normalized spacial score (nSPS) is 17.4. The van der Waals surface area contributed by atoms with Gasteiger partial charge in [-0.2, -0.15) is 5.10 Å². The summed E-state index contributed by atoms with van der Waals surface area (Å²) in [7, 11) is 0. The zero-order valence-corrected chi connectivity index (χ0v) is 12.0. The second-order valence-electron chi connectivity index (χ2n) is 5.15. The first kappa shape index (κ1) is 14.5. The van der Waals surface area contributed by atoms with Crippen LogP contribution in [-0.4, -0.2) is 28.5 Å². The smallest absolute Gasteiger partial charge is 0.323 e. The van der Waals surface area contributed by atoms with E-state index >= 15 is 0 Å². The molecule has 2 amide bonds. The minimum atomic E-state index is -0.512. The molecule has 2 heterocycles. The number of halogens is 1. The van der Waals surface area contributed by atoms with Gasteiger partial charge >= 0.3 is 6.03 Å². The van der Waals surface area contributed by atoms with Gasteiger partial charge in [0.25, 0.3) is 0 Å². The number of nitrogens with one attached hydrogen (secondary N) is 2. The van der Waals surface area contributed by atoms with Gasteiger partial charge in [0, 0.05) is 12.8 Å². The fraction of sp³-hybridized carbons (Fsp3) is 0.333. The zero-order valence-electron chi connectivity index (χ0n) is 12.0. The lowest BCUT2D eigenvalue weighted by atomic mass is 10.2. The molecule has 22 heavy (non-hydrogen) atoms. The third kappa shape index (κ3) is 3.62. The molecule has 1 aliphatic rings. The number of rotatable bonds is 4. The summed E-state index contributed by atoms with van der Waals surface area (Å²) in [5, 5.41) is 9.25. The molecule has 1 aromatic carbocycles. The molecule has 0 aliphatic carbocycles. The van der Waals surface area contributed by atoms with E-state index in [1.807, 2.05) is 0 Å². The summed E-state index contributed by atoms with van der Waals surface area (Å²) < 4.78 is 20.7. The van der Waals surface area contributed by atoms with E-state index < -0.39 is 11.8 Å². The highest BCUT2D eigenvalue weighted by Crippen LogP contribution is 2.16. The van der Waals surface area contributed by atoms with E-state index in [-0.39, 0.29) is 11.8 Å². The molecule has 1 aromatic heterocycles. The Balaban J connectivity index is 1.55. The van der Waals surface area contributed by atoms with Crippen molar-refractivity contribution in [3.05, 3.63) is 42.5 Å². The van der Waals surface area contributed by atoms with Crippen molar-refractivity contribution in [2.45, 2.75) is 25.5 Å². The van der Waals surface area contributed by atoms with Gasteiger partial charge in [0.05, 0.1) is 30.2 Å². The molecule has 1 saturated heterocycles. The van der Waals surface area contributed by atoms with Crippen molar-refractivity contribution >= 4 is 17.4 Å². The monoisotopic (exact) mass is 304 g/mol.